The van der Waals surface area contributed by atoms with E-state index in [1.54, 1.807) is 7.11 Å². The second kappa shape index (κ2) is 12.5. The van der Waals surface area contributed by atoms with E-state index in [2.05, 4.69) is 91.8 Å². The maximum Gasteiger partial charge on any atom is 0.175 e. The molecule has 0 radical (unpaired) electrons. The molecule has 0 aromatic heterocycles. The first-order valence-corrected chi connectivity index (χ1v) is 17.0. The van der Waals surface area contributed by atoms with Crippen LogP contribution in [-0.4, -0.2) is 30.1 Å². The maximum absolute atomic E-state index is 14.3. The van der Waals surface area contributed by atoms with Crippen molar-refractivity contribution in [2.45, 2.75) is 79.2 Å². The lowest BCUT2D eigenvalue weighted by molar-refractivity contribution is -0.119. The Balaban J connectivity index is 1.47. The molecule has 3 aromatic carbocycles. The van der Waals surface area contributed by atoms with E-state index in [4.69, 9.17) is 9.47 Å². The summed E-state index contributed by atoms with van der Waals surface area (Å²) in [6.07, 6.45) is 3.29. The highest BCUT2D eigenvalue weighted by atomic mass is 79.9. The van der Waals surface area contributed by atoms with Crippen molar-refractivity contribution in [2.75, 3.05) is 13.7 Å². The van der Waals surface area contributed by atoms with Gasteiger partial charge in [-0.05, 0) is 81.8 Å². The highest BCUT2D eigenvalue weighted by molar-refractivity contribution is 9.10. The van der Waals surface area contributed by atoms with E-state index in [0.29, 0.717) is 30.9 Å². The summed E-state index contributed by atoms with van der Waals surface area (Å²) in [6.45, 7) is 11.9. The molecule has 0 N–H and O–H groups in total. The molecule has 0 spiro atoms. The lowest BCUT2D eigenvalue weighted by Crippen LogP contribution is -2.45. The van der Waals surface area contributed by atoms with Gasteiger partial charge in [-0.15, -0.1) is 0 Å². The fourth-order valence-electron chi connectivity index (χ4n) is 7.54. The fourth-order valence-corrected chi connectivity index (χ4v) is 8.11. The molecule has 0 amide bonds. The molecule has 1 aliphatic heterocycles. The third-order valence-corrected chi connectivity index (χ3v) is 10.1. The topological polar surface area (TPSA) is 55.8 Å². The Morgan fingerprint density at radius 2 is 1.41 bits per heavy atom. The fraction of sp³-hybridized carbons (Fsp3) is 0.400. The average molecular weight is 683 g/mol. The van der Waals surface area contributed by atoms with Gasteiger partial charge in [0.1, 0.15) is 6.61 Å². The van der Waals surface area contributed by atoms with Gasteiger partial charge in [-0.2, -0.15) is 0 Å². The molecule has 0 bridgehead atoms. The van der Waals surface area contributed by atoms with Gasteiger partial charge in [0.25, 0.3) is 0 Å². The SMILES string of the molecule is COc1cc(C2C3=C(CC(C)(C)CC3=O)N(CCc3ccccc3)C3=C2C(=O)CC(C)(C)C3)cc(Br)c1OCc1cccc(C)c1. The third kappa shape index (κ3) is 6.46. The molecule has 3 aliphatic rings. The minimum absolute atomic E-state index is 0.125. The van der Waals surface area contributed by atoms with Gasteiger partial charge in [-0.1, -0.05) is 87.9 Å². The van der Waals surface area contributed by atoms with Gasteiger partial charge in [0.2, 0.25) is 0 Å². The number of allylic oxidation sites excluding steroid dienone is 4. The van der Waals surface area contributed by atoms with Gasteiger partial charge in [0.05, 0.1) is 11.6 Å². The Kier molecular flexibility index (Phi) is 8.79. The smallest absolute Gasteiger partial charge is 0.175 e. The Morgan fingerprint density at radius 3 is 2.00 bits per heavy atom. The Hall–Kier alpha value is -3.64. The Bertz CT molecular complexity index is 1700. The van der Waals surface area contributed by atoms with Gasteiger partial charge in [0, 0.05) is 47.8 Å². The predicted molar refractivity (Wildman–Crippen MR) is 186 cm³/mol. The largest absolute Gasteiger partial charge is 0.493 e. The highest BCUT2D eigenvalue weighted by Gasteiger charge is 2.49. The standard InChI is InChI=1S/C40H44BrNO4/c1-25-11-10-14-27(17-25)24-46-38-29(41)18-28(19-34(38)45-6)35-36-30(20-39(2,3)22-32(36)43)42(16-15-26-12-8-7-9-13-26)31-21-40(4,5)23-33(44)37(31)35/h7-14,17-19,35H,15-16,20-24H2,1-6H3. The summed E-state index contributed by atoms with van der Waals surface area (Å²) >= 11 is 3.78. The minimum Gasteiger partial charge on any atom is -0.493 e. The van der Waals surface area contributed by atoms with Gasteiger partial charge in [-0.25, -0.2) is 0 Å². The summed E-state index contributed by atoms with van der Waals surface area (Å²) in [5.41, 5.74) is 7.67. The summed E-state index contributed by atoms with van der Waals surface area (Å²) < 4.78 is 12.9. The average Bonchev–Trinajstić information content (AvgIpc) is 2.98. The van der Waals surface area contributed by atoms with Crippen LogP contribution in [0.25, 0.3) is 0 Å². The molecule has 0 saturated heterocycles. The van der Waals surface area contributed by atoms with Gasteiger partial charge < -0.3 is 14.4 Å². The number of hydrogen-bond acceptors (Lipinski definition) is 5. The number of rotatable bonds is 8. The van der Waals surface area contributed by atoms with E-state index in [1.807, 2.05) is 30.3 Å². The maximum atomic E-state index is 14.3. The van der Waals surface area contributed by atoms with Crippen LogP contribution in [0, 0.1) is 17.8 Å². The zero-order valence-corrected chi connectivity index (χ0v) is 29.4. The molecule has 240 valence electrons. The van der Waals surface area contributed by atoms with Crippen LogP contribution in [0.1, 0.15) is 81.5 Å². The van der Waals surface area contributed by atoms with Crippen molar-refractivity contribution < 1.29 is 19.1 Å². The molecule has 46 heavy (non-hydrogen) atoms. The lowest BCUT2D eigenvalue weighted by atomic mass is 9.63. The number of hydrogen-bond donors (Lipinski definition) is 0. The van der Waals surface area contributed by atoms with E-state index in [9.17, 15) is 9.59 Å². The molecular weight excluding hydrogens is 638 g/mol. The number of Topliss-reactive ketones (excluding diaryl/α,β-unsaturated/α-hetero) is 2. The Labute approximate surface area is 281 Å². The number of ether oxygens (including phenoxy) is 2. The Morgan fingerprint density at radius 1 is 0.804 bits per heavy atom. The van der Waals surface area contributed by atoms with Crippen LogP contribution < -0.4 is 9.47 Å². The molecule has 6 heteroatoms. The van der Waals surface area contributed by atoms with Gasteiger partial charge in [-0.3, -0.25) is 9.59 Å². The van der Waals surface area contributed by atoms with Crippen molar-refractivity contribution in [3.63, 3.8) is 0 Å². The van der Waals surface area contributed by atoms with Crippen LogP contribution in [0.3, 0.4) is 0 Å². The van der Waals surface area contributed by atoms with Crippen LogP contribution in [0.4, 0.5) is 0 Å². The quantitative estimate of drug-likeness (QED) is 0.237. The molecule has 0 unspecified atom stereocenters. The van der Waals surface area contributed by atoms with Crippen molar-refractivity contribution in [3.05, 3.63) is 116 Å². The summed E-state index contributed by atoms with van der Waals surface area (Å²) in [6, 6.07) is 22.7. The highest BCUT2D eigenvalue weighted by Crippen LogP contribution is 2.55. The minimum atomic E-state index is -0.457. The molecule has 0 atom stereocenters. The van der Waals surface area contributed by atoms with Crippen LogP contribution in [0.15, 0.2) is 93.7 Å². The van der Waals surface area contributed by atoms with Crippen molar-refractivity contribution in [1.82, 2.24) is 4.90 Å². The summed E-state index contributed by atoms with van der Waals surface area (Å²) in [7, 11) is 1.63. The monoisotopic (exact) mass is 681 g/mol. The van der Waals surface area contributed by atoms with Crippen LogP contribution in [0.5, 0.6) is 11.5 Å². The lowest BCUT2D eigenvalue weighted by Gasteiger charge is -2.49. The number of carbonyl (C=O) groups excluding carboxylic acids is 2. The molecule has 6 rings (SSSR count). The van der Waals surface area contributed by atoms with Gasteiger partial charge >= 0.3 is 0 Å². The molecule has 5 nitrogen and oxygen atoms in total. The second-order valence-corrected chi connectivity index (χ2v) is 15.6. The normalized spacial score (nSPS) is 19.2. The first kappa shape index (κ1) is 32.3. The molecule has 3 aromatic rings. The molecule has 2 aliphatic carbocycles. The first-order valence-electron chi connectivity index (χ1n) is 16.3. The number of ketones is 2. The molecule has 0 saturated carbocycles. The van der Waals surface area contributed by atoms with Crippen LogP contribution in [-0.2, 0) is 22.6 Å². The predicted octanol–water partition coefficient (Wildman–Crippen LogP) is 9.27. The number of halogens is 1. The number of benzene rings is 3. The number of carbonyl (C=O) groups is 2. The van der Waals surface area contributed by atoms with Crippen molar-refractivity contribution in [1.29, 1.82) is 0 Å². The van der Waals surface area contributed by atoms with Crippen molar-refractivity contribution in [2.24, 2.45) is 10.8 Å². The summed E-state index contributed by atoms with van der Waals surface area (Å²) in [5.74, 6) is 0.963. The zero-order valence-electron chi connectivity index (χ0n) is 27.8. The number of nitrogens with zero attached hydrogens (tertiary/aromatic N) is 1. The zero-order chi connectivity index (χ0) is 32.8. The van der Waals surface area contributed by atoms with Crippen LogP contribution in [0.2, 0.25) is 0 Å². The number of aryl methyl sites for hydroxylation is 1. The summed E-state index contributed by atoms with van der Waals surface area (Å²) in [5, 5.41) is 0. The molecule has 1 heterocycles. The van der Waals surface area contributed by atoms with Crippen LogP contribution >= 0.6 is 15.9 Å². The third-order valence-electron chi connectivity index (χ3n) is 9.54. The van der Waals surface area contributed by atoms with E-state index >= 15 is 0 Å². The van der Waals surface area contributed by atoms with Crippen molar-refractivity contribution >= 4 is 27.5 Å². The first-order chi connectivity index (χ1) is 21.9. The number of methoxy groups -OCH3 is 1. The second-order valence-electron chi connectivity index (χ2n) is 14.7. The van der Waals surface area contributed by atoms with E-state index in [0.717, 1.165) is 63.9 Å². The van der Waals surface area contributed by atoms with E-state index in [1.165, 1.54) is 11.1 Å². The van der Waals surface area contributed by atoms with E-state index in [-0.39, 0.29) is 22.4 Å². The van der Waals surface area contributed by atoms with Gasteiger partial charge in [0.15, 0.2) is 23.1 Å². The summed E-state index contributed by atoms with van der Waals surface area (Å²) in [4.78, 5) is 30.9. The molecular formula is C40H44BrNO4. The van der Waals surface area contributed by atoms with E-state index < -0.39 is 5.92 Å². The van der Waals surface area contributed by atoms with Crippen molar-refractivity contribution in [3.8, 4) is 11.5 Å². The molecule has 0 fully saturated rings.